The normalized spacial score (nSPS) is 12.6. The van der Waals surface area contributed by atoms with Gasteiger partial charge in [0.15, 0.2) is 5.78 Å². The van der Waals surface area contributed by atoms with Crippen LogP contribution in [0.1, 0.15) is 97.2 Å². The van der Waals surface area contributed by atoms with Gasteiger partial charge in [-0.3, -0.25) is 4.79 Å². The highest BCUT2D eigenvalue weighted by Gasteiger charge is 2.21. The largest absolute Gasteiger partial charge is 0.463 e. The summed E-state index contributed by atoms with van der Waals surface area (Å²) in [6, 6.07) is 2.75. The van der Waals surface area contributed by atoms with E-state index in [9.17, 15) is 10.1 Å². The van der Waals surface area contributed by atoms with Crippen LogP contribution in [0.25, 0.3) is 0 Å². The third kappa shape index (κ3) is 10.7. The van der Waals surface area contributed by atoms with Crippen molar-refractivity contribution in [2.24, 2.45) is 11.8 Å². The molecule has 0 aliphatic rings. The number of hydrogen-bond donors (Lipinski definition) is 0. The van der Waals surface area contributed by atoms with E-state index in [1.54, 1.807) is 0 Å². The number of anilines is 1. The van der Waals surface area contributed by atoms with Crippen LogP contribution in [0.5, 0.6) is 6.01 Å². The zero-order valence-corrected chi connectivity index (χ0v) is 22.2. The van der Waals surface area contributed by atoms with Gasteiger partial charge in [-0.2, -0.15) is 15.2 Å². The second kappa shape index (κ2) is 17.1. The van der Waals surface area contributed by atoms with Crippen molar-refractivity contribution in [3.63, 3.8) is 0 Å². The maximum absolute atomic E-state index is 11.6. The molecule has 0 spiro atoms. The number of carbonyl (C=O) groups is 1. The molecule has 0 N–H and O–H groups in total. The first-order chi connectivity index (χ1) is 16.4. The minimum atomic E-state index is 0.0826. The number of unbranched alkanes of at least 4 members (excludes halogenated alkanes) is 2. The van der Waals surface area contributed by atoms with E-state index in [-0.39, 0.29) is 11.7 Å². The molecule has 6 nitrogen and oxygen atoms in total. The summed E-state index contributed by atoms with van der Waals surface area (Å²) in [5.74, 6) is 1.69. The predicted octanol–water partition coefficient (Wildman–Crippen LogP) is 6.48. The van der Waals surface area contributed by atoms with Crippen LogP contribution in [0.4, 0.5) is 5.82 Å². The summed E-state index contributed by atoms with van der Waals surface area (Å²) in [6.07, 6.45) is 10.4. The number of nitrogens with zero attached hydrogens (tertiary/aromatic N) is 4. The molecule has 0 fully saturated rings. The molecule has 34 heavy (non-hydrogen) atoms. The number of hydrogen-bond acceptors (Lipinski definition) is 6. The van der Waals surface area contributed by atoms with Gasteiger partial charge in [0, 0.05) is 31.5 Å². The lowest BCUT2D eigenvalue weighted by Gasteiger charge is -2.29. The molecule has 0 saturated carbocycles. The van der Waals surface area contributed by atoms with Crippen molar-refractivity contribution in [2.75, 3.05) is 24.6 Å². The van der Waals surface area contributed by atoms with Gasteiger partial charge in [-0.1, -0.05) is 60.5 Å². The van der Waals surface area contributed by atoms with E-state index < -0.39 is 0 Å². The molecule has 1 aromatic rings. The fourth-order valence-corrected chi connectivity index (χ4v) is 4.06. The summed E-state index contributed by atoms with van der Waals surface area (Å²) in [5, 5.41) is 9.21. The van der Waals surface area contributed by atoms with Gasteiger partial charge < -0.3 is 9.64 Å². The number of nitriles is 1. The van der Waals surface area contributed by atoms with E-state index >= 15 is 0 Å². The Bertz CT molecular complexity index is 787. The van der Waals surface area contributed by atoms with Gasteiger partial charge >= 0.3 is 6.01 Å². The van der Waals surface area contributed by atoms with E-state index in [1.165, 1.54) is 24.5 Å². The van der Waals surface area contributed by atoms with E-state index in [4.69, 9.17) is 14.7 Å². The number of allylic oxidation sites excluding steroid dienone is 1. The molecule has 1 rings (SSSR count). The molecule has 0 aliphatic carbocycles. The Morgan fingerprint density at radius 3 is 2.53 bits per heavy atom. The Labute approximate surface area is 207 Å². The molecule has 190 valence electrons. The van der Waals surface area contributed by atoms with Gasteiger partial charge in [-0.15, -0.1) is 0 Å². The molecule has 0 bridgehead atoms. The lowest BCUT2D eigenvalue weighted by Crippen LogP contribution is -2.32. The van der Waals surface area contributed by atoms with Crippen molar-refractivity contribution < 1.29 is 9.53 Å². The summed E-state index contributed by atoms with van der Waals surface area (Å²) in [5.41, 5.74) is 2.23. The fourth-order valence-electron chi connectivity index (χ4n) is 4.06. The van der Waals surface area contributed by atoms with Crippen LogP contribution in [0, 0.1) is 23.2 Å². The van der Waals surface area contributed by atoms with E-state index in [0.29, 0.717) is 31.4 Å². The Kier molecular flexibility index (Phi) is 14.9. The van der Waals surface area contributed by atoms with Crippen molar-refractivity contribution >= 4 is 11.6 Å². The first-order valence-electron chi connectivity index (χ1n) is 13.2. The second-order valence-corrected chi connectivity index (χ2v) is 9.46. The van der Waals surface area contributed by atoms with Crippen LogP contribution < -0.4 is 9.64 Å². The predicted molar refractivity (Wildman–Crippen MR) is 140 cm³/mol. The van der Waals surface area contributed by atoms with Crippen LogP contribution in [0.2, 0.25) is 0 Å². The van der Waals surface area contributed by atoms with Crippen LogP contribution in [0.15, 0.2) is 12.7 Å². The van der Waals surface area contributed by atoms with E-state index in [2.05, 4.69) is 52.2 Å². The highest BCUT2D eigenvalue weighted by Crippen LogP contribution is 2.28. The van der Waals surface area contributed by atoms with Gasteiger partial charge in [0.1, 0.15) is 5.82 Å². The Balaban J connectivity index is 3.22. The van der Waals surface area contributed by atoms with Gasteiger partial charge in [0.05, 0.1) is 18.4 Å². The molecule has 6 heteroatoms. The Hall–Kier alpha value is -2.42. The molecule has 2 atom stereocenters. The topological polar surface area (TPSA) is 79.1 Å². The third-order valence-electron chi connectivity index (χ3n) is 6.03. The minimum Gasteiger partial charge on any atom is -0.463 e. The molecular weight excluding hydrogens is 424 g/mol. The lowest BCUT2D eigenvalue weighted by atomic mass is 10.0. The summed E-state index contributed by atoms with van der Waals surface area (Å²) in [4.78, 5) is 23.6. The van der Waals surface area contributed by atoms with E-state index in [0.717, 1.165) is 63.1 Å². The van der Waals surface area contributed by atoms with Crippen LogP contribution in [-0.4, -0.2) is 35.4 Å². The summed E-state index contributed by atoms with van der Waals surface area (Å²) < 4.78 is 6.10. The van der Waals surface area contributed by atoms with Crippen LogP contribution in [0.3, 0.4) is 0 Å². The van der Waals surface area contributed by atoms with E-state index in [1.807, 2.05) is 0 Å². The number of ether oxygens (including phenoxy) is 1. The number of aromatic nitrogens is 2. The second-order valence-electron chi connectivity index (χ2n) is 9.46. The van der Waals surface area contributed by atoms with Gasteiger partial charge in [0.2, 0.25) is 0 Å². The monoisotopic (exact) mass is 470 g/mol. The van der Waals surface area contributed by atoms with Crippen LogP contribution >= 0.6 is 0 Å². The molecular formula is C28H46N4O2. The lowest BCUT2D eigenvalue weighted by molar-refractivity contribution is -0.114. The first kappa shape index (κ1) is 29.6. The quantitative estimate of drug-likeness (QED) is 0.170. The zero-order chi connectivity index (χ0) is 25.3. The number of carbonyl (C=O) groups excluding carboxylic acids is 1. The summed E-state index contributed by atoms with van der Waals surface area (Å²) in [7, 11) is 0. The highest BCUT2D eigenvalue weighted by atomic mass is 16.5. The standard InChI is InChI=1S/C28H46N4O2/c1-7-11-15-23(6)21-34-28-30-26(10-4)25(14-8-2)27(31-28)32(20-22(5)17-18-29)19-13-12-16-24(33)9-3/h9,22-23H,3,7-8,10-17,19-21H2,1-2,4-6H3/t22?,23-/m0/s1. The Morgan fingerprint density at radius 1 is 1.15 bits per heavy atom. The first-order valence-corrected chi connectivity index (χ1v) is 13.2. The van der Waals surface area contributed by atoms with Crippen molar-refractivity contribution in [1.29, 1.82) is 5.26 Å². The summed E-state index contributed by atoms with van der Waals surface area (Å²) >= 11 is 0. The summed E-state index contributed by atoms with van der Waals surface area (Å²) in [6.45, 7) is 16.5. The molecule has 1 unspecified atom stereocenters. The maximum atomic E-state index is 11.6. The zero-order valence-electron chi connectivity index (χ0n) is 22.2. The van der Waals surface area contributed by atoms with Crippen molar-refractivity contribution in [2.45, 2.75) is 98.8 Å². The average molecular weight is 471 g/mol. The van der Waals surface area contributed by atoms with Gasteiger partial charge in [-0.25, -0.2) is 0 Å². The molecule has 0 radical (unpaired) electrons. The van der Waals surface area contributed by atoms with Gasteiger partial charge in [0.25, 0.3) is 0 Å². The minimum absolute atomic E-state index is 0.0826. The van der Waals surface area contributed by atoms with Crippen molar-refractivity contribution in [3.05, 3.63) is 23.9 Å². The molecule has 0 aromatic carbocycles. The Morgan fingerprint density at radius 2 is 1.91 bits per heavy atom. The molecule has 1 heterocycles. The van der Waals surface area contributed by atoms with Crippen molar-refractivity contribution in [3.8, 4) is 12.1 Å². The third-order valence-corrected chi connectivity index (χ3v) is 6.03. The van der Waals surface area contributed by atoms with Crippen LogP contribution in [-0.2, 0) is 17.6 Å². The van der Waals surface area contributed by atoms with Crippen molar-refractivity contribution in [1.82, 2.24) is 9.97 Å². The molecule has 0 saturated heterocycles. The van der Waals surface area contributed by atoms with Gasteiger partial charge in [-0.05, 0) is 50.0 Å². The SMILES string of the molecule is C=CC(=O)CCCCN(CC(C)CC#N)c1nc(OC[C@@H](C)CCCC)nc(CC)c1CCC. The highest BCUT2D eigenvalue weighted by molar-refractivity contribution is 5.88. The molecule has 0 aliphatic heterocycles. The molecule has 1 aromatic heterocycles. The fraction of sp³-hybridized carbons (Fsp3) is 0.714. The number of aryl methyl sites for hydroxylation is 1. The average Bonchev–Trinajstić information content (AvgIpc) is 2.83. The smallest absolute Gasteiger partial charge is 0.318 e. The molecule has 0 amide bonds. The maximum Gasteiger partial charge on any atom is 0.318 e. The number of rotatable bonds is 19. The number of ketones is 1.